The number of rotatable bonds is 16. The van der Waals surface area contributed by atoms with Crippen LogP contribution in [0.3, 0.4) is 0 Å². The molecule has 1 rings (SSSR count). The number of nitrogens with one attached hydrogen (secondary N) is 1. The molecule has 0 bridgehead atoms. The van der Waals surface area contributed by atoms with Crippen molar-refractivity contribution >= 4 is 19.5 Å². The maximum atomic E-state index is 12.6. The number of carboxylic acid groups (broad SMARTS) is 1. The van der Waals surface area contributed by atoms with Crippen LogP contribution in [0.25, 0.3) is 0 Å². The van der Waals surface area contributed by atoms with Gasteiger partial charge in [-0.15, -0.1) is 0 Å². The van der Waals surface area contributed by atoms with Crippen molar-refractivity contribution in [1.82, 2.24) is 5.32 Å². The first-order valence-corrected chi connectivity index (χ1v) is 12.6. The molecular formula is C22H36NO6P. The summed E-state index contributed by atoms with van der Waals surface area (Å²) in [6.07, 6.45) is 6.87. The van der Waals surface area contributed by atoms with E-state index in [0.717, 1.165) is 31.2 Å². The van der Waals surface area contributed by atoms with Crippen molar-refractivity contribution < 1.29 is 28.3 Å². The number of benzene rings is 1. The third-order valence-electron chi connectivity index (χ3n) is 4.69. The highest BCUT2D eigenvalue weighted by molar-refractivity contribution is 7.53. The predicted molar refractivity (Wildman–Crippen MR) is 118 cm³/mol. The molecule has 7 nitrogen and oxygen atoms in total. The van der Waals surface area contributed by atoms with Crippen molar-refractivity contribution in [3.05, 3.63) is 35.4 Å². The molecule has 2 N–H and O–H groups in total. The van der Waals surface area contributed by atoms with Gasteiger partial charge in [0.25, 0.3) is 5.91 Å². The second-order valence-electron chi connectivity index (χ2n) is 7.22. The minimum absolute atomic E-state index is 0.117. The first-order chi connectivity index (χ1) is 14.3. The fourth-order valence-electron chi connectivity index (χ4n) is 3.13. The summed E-state index contributed by atoms with van der Waals surface area (Å²) in [5, 5.41) is 12.0. The first kappa shape index (κ1) is 26.3. The van der Waals surface area contributed by atoms with E-state index in [1.165, 1.54) is 12.8 Å². The minimum Gasteiger partial charge on any atom is -0.480 e. The Morgan fingerprint density at radius 1 is 0.967 bits per heavy atom. The van der Waals surface area contributed by atoms with E-state index in [1.54, 1.807) is 38.1 Å². The quantitative estimate of drug-likeness (QED) is 0.264. The van der Waals surface area contributed by atoms with E-state index in [1.807, 2.05) is 0 Å². The number of aliphatic carboxylic acids is 1. The van der Waals surface area contributed by atoms with Crippen molar-refractivity contribution in [1.29, 1.82) is 0 Å². The highest BCUT2D eigenvalue weighted by Gasteiger charge is 2.24. The monoisotopic (exact) mass is 441 g/mol. The maximum Gasteiger partial charge on any atom is 0.335 e. The fraction of sp³-hybridized carbons (Fsp3) is 0.636. The normalized spacial score (nSPS) is 12.5. The van der Waals surface area contributed by atoms with Crippen LogP contribution in [-0.4, -0.2) is 36.2 Å². The van der Waals surface area contributed by atoms with E-state index in [0.29, 0.717) is 12.0 Å². The summed E-state index contributed by atoms with van der Waals surface area (Å²) in [4.78, 5) is 23.9. The maximum absolute atomic E-state index is 12.6. The third-order valence-corrected chi connectivity index (χ3v) is 6.75. The molecule has 1 aromatic carbocycles. The molecule has 170 valence electrons. The lowest BCUT2D eigenvalue weighted by Gasteiger charge is -2.17. The summed E-state index contributed by atoms with van der Waals surface area (Å²) in [7, 11) is -3.22. The van der Waals surface area contributed by atoms with Crippen LogP contribution in [0.5, 0.6) is 0 Å². The molecule has 1 atom stereocenters. The Bertz CT molecular complexity index is 681. The van der Waals surface area contributed by atoms with Crippen LogP contribution in [0.2, 0.25) is 0 Å². The topological polar surface area (TPSA) is 102 Å². The number of amides is 1. The van der Waals surface area contributed by atoms with Crippen molar-refractivity contribution in [2.45, 2.75) is 77.9 Å². The molecule has 0 aliphatic heterocycles. The summed E-state index contributed by atoms with van der Waals surface area (Å²) < 4.78 is 23.2. The molecule has 0 heterocycles. The van der Waals surface area contributed by atoms with Gasteiger partial charge >= 0.3 is 13.6 Å². The molecule has 8 heteroatoms. The Hall–Kier alpha value is -1.69. The van der Waals surface area contributed by atoms with Crippen LogP contribution >= 0.6 is 7.60 Å². The van der Waals surface area contributed by atoms with Crippen LogP contribution < -0.4 is 5.32 Å². The second-order valence-corrected chi connectivity index (χ2v) is 9.28. The third kappa shape index (κ3) is 9.88. The van der Waals surface area contributed by atoms with Crippen LogP contribution in [0.1, 0.15) is 81.6 Å². The van der Waals surface area contributed by atoms with Crippen molar-refractivity contribution in [3.8, 4) is 0 Å². The van der Waals surface area contributed by atoms with E-state index in [-0.39, 0.29) is 19.4 Å². The van der Waals surface area contributed by atoms with Crippen LogP contribution in [0.15, 0.2) is 24.3 Å². The van der Waals surface area contributed by atoms with Gasteiger partial charge in [-0.05, 0) is 38.0 Å². The van der Waals surface area contributed by atoms with Gasteiger partial charge in [-0.1, -0.05) is 57.6 Å². The van der Waals surface area contributed by atoms with Crippen LogP contribution in [0, 0.1) is 0 Å². The average molecular weight is 442 g/mol. The largest absolute Gasteiger partial charge is 0.480 e. The lowest BCUT2D eigenvalue weighted by atomic mass is 10.0. The fourth-order valence-corrected chi connectivity index (χ4v) is 4.84. The van der Waals surface area contributed by atoms with Gasteiger partial charge in [0.05, 0.1) is 19.4 Å². The van der Waals surface area contributed by atoms with E-state index in [9.17, 15) is 19.3 Å². The SMILES string of the molecule is CCCCCCCC[C@H](NC(=O)c1ccc(CP(=O)(OCC)OCC)cc1)C(=O)O. The molecule has 0 fully saturated rings. The molecule has 0 radical (unpaired) electrons. The van der Waals surface area contributed by atoms with E-state index >= 15 is 0 Å². The Kier molecular flexibility index (Phi) is 12.6. The molecule has 0 spiro atoms. The number of carbonyl (C=O) groups excluding carboxylic acids is 1. The number of carbonyl (C=O) groups is 2. The first-order valence-electron chi connectivity index (χ1n) is 10.9. The molecule has 1 amide bonds. The van der Waals surface area contributed by atoms with Crippen molar-refractivity contribution in [2.75, 3.05) is 13.2 Å². The highest BCUT2D eigenvalue weighted by atomic mass is 31.2. The predicted octanol–water partition coefficient (Wildman–Crippen LogP) is 5.39. The number of hydrogen-bond donors (Lipinski definition) is 2. The molecular weight excluding hydrogens is 405 g/mol. The van der Waals surface area contributed by atoms with Crippen LogP contribution in [-0.2, 0) is 24.6 Å². The highest BCUT2D eigenvalue weighted by Crippen LogP contribution is 2.51. The van der Waals surface area contributed by atoms with Gasteiger partial charge in [-0.2, -0.15) is 0 Å². The second kappa shape index (κ2) is 14.3. The molecule has 0 aromatic heterocycles. The van der Waals surface area contributed by atoms with Gasteiger partial charge in [0, 0.05) is 5.56 Å². The zero-order valence-electron chi connectivity index (χ0n) is 18.4. The van der Waals surface area contributed by atoms with Gasteiger partial charge in [-0.3, -0.25) is 9.36 Å². The average Bonchev–Trinajstić information content (AvgIpc) is 2.70. The lowest BCUT2D eigenvalue weighted by Crippen LogP contribution is -2.40. The molecule has 0 aliphatic carbocycles. The molecule has 1 aromatic rings. The smallest absolute Gasteiger partial charge is 0.335 e. The molecule has 0 saturated carbocycles. The zero-order chi connectivity index (χ0) is 22.4. The summed E-state index contributed by atoms with van der Waals surface area (Å²) >= 11 is 0. The lowest BCUT2D eigenvalue weighted by molar-refractivity contribution is -0.139. The number of carboxylic acids is 1. The van der Waals surface area contributed by atoms with Crippen molar-refractivity contribution in [2.24, 2.45) is 0 Å². The van der Waals surface area contributed by atoms with E-state index in [2.05, 4.69) is 12.2 Å². The molecule has 30 heavy (non-hydrogen) atoms. The Balaban J connectivity index is 2.62. The summed E-state index contributed by atoms with van der Waals surface area (Å²) in [5.41, 5.74) is 1.08. The van der Waals surface area contributed by atoms with Gasteiger partial charge in [0.15, 0.2) is 0 Å². The Morgan fingerprint density at radius 2 is 1.53 bits per heavy atom. The Morgan fingerprint density at radius 3 is 2.07 bits per heavy atom. The minimum atomic E-state index is -3.22. The molecule has 0 aliphatic rings. The number of unbranched alkanes of at least 4 members (excludes halogenated alkanes) is 5. The van der Waals surface area contributed by atoms with Gasteiger partial charge in [-0.25, -0.2) is 4.79 Å². The summed E-state index contributed by atoms with van der Waals surface area (Å²) in [6, 6.07) is 5.65. The standard InChI is InChI=1S/C22H36NO6P/c1-4-7-8-9-10-11-12-20(22(25)26)23-21(24)19-15-13-18(14-16-19)17-30(27,28-5-2)29-6-3/h13-16,20H,4-12,17H2,1-3H3,(H,23,24)(H,25,26)/t20-/m0/s1. The van der Waals surface area contributed by atoms with Gasteiger partial charge in [0.2, 0.25) is 0 Å². The zero-order valence-corrected chi connectivity index (χ0v) is 19.3. The molecule has 0 saturated heterocycles. The van der Waals surface area contributed by atoms with Crippen LogP contribution in [0.4, 0.5) is 0 Å². The summed E-state index contributed by atoms with van der Waals surface area (Å²) in [5.74, 6) is -1.46. The van der Waals surface area contributed by atoms with E-state index in [4.69, 9.17) is 9.05 Å². The summed E-state index contributed by atoms with van der Waals surface area (Å²) in [6.45, 7) is 6.23. The van der Waals surface area contributed by atoms with Crippen molar-refractivity contribution in [3.63, 3.8) is 0 Å². The van der Waals surface area contributed by atoms with Gasteiger partial charge in [0.1, 0.15) is 6.04 Å². The Labute approximate surface area is 180 Å². The molecule has 0 unspecified atom stereocenters. The van der Waals surface area contributed by atoms with Gasteiger partial charge < -0.3 is 19.5 Å². The van der Waals surface area contributed by atoms with E-state index < -0.39 is 25.5 Å². The number of hydrogen-bond acceptors (Lipinski definition) is 5.